The molecule has 1 aliphatic rings. The van der Waals surface area contributed by atoms with E-state index in [9.17, 15) is 0 Å². The highest BCUT2D eigenvalue weighted by Gasteiger charge is 2.26. The van der Waals surface area contributed by atoms with Crippen LogP contribution in [0.3, 0.4) is 0 Å². The zero-order valence-corrected chi connectivity index (χ0v) is 18.5. The van der Waals surface area contributed by atoms with Gasteiger partial charge in [0, 0.05) is 19.3 Å². The molecule has 148 valence electrons. The lowest BCUT2D eigenvalue weighted by atomic mass is 10.2. The van der Waals surface area contributed by atoms with E-state index in [4.69, 9.17) is 4.42 Å². The Morgan fingerprint density at radius 2 is 2.04 bits per heavy atom. The van der Waals surface area contributed by atoms with Crippen LogP contribution in [-0.2, 0) is 6.54 Å². The Hall–Kier alpha value is -1.61. The Labute approximate surface area is 178 Å². The molecule has 0 radical (unpaired) electrons. The molecule has 1 fully saturated rings. The first-order chi connectivity index (χ1) is 12.8. The van der Waals surface area contributed by atoms with Gasteiger partial charge in [-0.05, 0) is 64.0 Å². The van der Waals surface area contributed by atoms with E-state index < -0.39 is 0 Å². The van der Waals surface area contributed by atoms with Crippen molar-refractivity contribution in [3.63, 3.8) is 0 Å². The van der Waals surface area contributed by atoms with E-state index in [1.165, 1.54) is 12.8 Å². The molecule has 7 heteroatoms. The second kappa shape index (κ2) is 11.3. The largest absolute Gasteiger partial charge is 0.465 e. The Kier molecular flexibility index (Phi) is 9.06. The minimum absolute atomic E-state index is 0. The Morgan fingerprint density at radius 1 is 1.22 bits per heavy atom. The van der Waals surface area contributed by atoms with Crippen LogP contribution in [0, 0.1) is 6.92 Å². The molecular formula is C20H30IN5O. The van der Waals surface area contributed by atoms with Crippen LogP contribution in [-0.4, -0.2) is 42.0 Å². The molecule has 0 bridgehead atoms. The number of rotatable bonds is 7. The predicted octanol–water partition coefficient (Wildman–Crippen LogP) is 3.49. The van der Waals surface area contributed by atoms with Crippen molar-refractivity contribution in [2.24, 2.45) is 4.99 Å². The molecule has 1 unspecified atom stereocenters. The van der Waals surface area contributed by atoms with Crippen molar-refractivity contribution in [1.29, 1.82) is 0 Å². The molecule has 0 aromatic carbocycles. The lowest BCUT2D eigenvalue weighted by molar-refractivity contribution is 0.213. The van der Waals surface area contributed by atoms with Gasteiger partial charge in [0.1, 0.15) is 11.5 Å². The van der Waals surface area contributed by atoms with Gasteiger partial charge in [-0.3, -0.25) is 9.88 Å². The maximum Gasteiger partial charge on any atom is 0.191 e. The lowest BCUT2D eigenvalue weighted by Gasteiger charge is -2.26. The average Bonchev–Trinajstić information content (AvgIpc) is 3.33. The number of likely N-dealkylation sites (tertiary alicyclic amines) is 1. The number of furan rings is 1. The number of pyridine rings is 1. The molecule has 0 spiro atoms. The van der Waals surface area contributed by atoms with E-state index >= 15 is 0 Å². The zero-order valence-electron chi connectivity index (χ0n) is 16.1. The monoisotopic (exact) mass is 483 g/mol. The van der Waals surface area contributed by atoms with E-state index in [0.717, 1.165) is 49.4 Å². The van der Waals surface area contributed by atoms with Crippen LogP contribution in [0.5, 0.6) is 0 Å². The summed E-state index contributed by atoms with van der Waals surface area (Å²) in [5.74, 6) is 2.79. The van der Waals surface area contributed by atoms with E-state index in [-0.39, 0.29) is 30.0 Å². The average molecular weight is 483 g/mol. The summed E-state index contributed by atoms with van der Waals surface area (Å²) in [6.07, 6.45) is 4.31. The van der Waals surface area contributed by atoms with E-state index in [1.54, 1.807) is 6.20 Å². The van der Waals surface area contributed by atoms with Gasteiger partial charge in [-0.15, -0.1) is 24.0 Å². The van der Waals surface area contributed by atoms with Gasteiger partial charge in [0.25, 0.3) is 0 Å². The smallest absolute Gasteiger partial charge is 0.191 e. The summed E-state index contributed by atoms with van der Waals surface area (Å²) in [5, 5.41) is 6.80. The lowest BCUT2D eigenvalue weighted by Crippen LogP contribution is -2.42. The third-order valence-corrected chi connectivity index (χ3v) is 4.60. The van der Waals surface area contributed by atoms with Gasteiger partial charge < -0.3 is 15.1 Å². The van der Waals surface area contributed by atoms with E-state index in [2.05, 4.69) is 38.5 Å². The van der Waals surface area contributed by atoms with Gasteiger partial charge in [-0.25, -0.2) is 4.99 Å². The number of nitrogens with zero attached hydrogens (tertiary/aromatic N) is 3. The summed E-state index contributed by atoms with van der Waals surface area (Å²) in [6, 6.07) is 10.3. The summed E-state index contributed by atoms with van der Waals surface area (Å²) in [6.45, 7) is 8.46. The zero-order chi connectivity index (χ0) is 18.2. The summed E-state index contributed by atoms with van der Waals surface area (Å²) in [5.41, 5.74) is 0.961. The van der Waals surface area contributed by atoms with Crippen LogP contribution in [0.15, 0.2) is 45.9 Å². The maximum atomic E-state index is 5.93. The van der Waals surface area contributed by atoms with Crippen LogP contribution in [0.4, 0.5) is 0 Å². The van der Waals surface area contributed by atoms with Gasteiger partial charge in [0.2, 0.25) is 0 Å². The van der Waals surface area contributed by atoms with Gasteiger partial charge in [0.15, 0.2) is 5.96 Å². The number of nitrogens with one attached hydrogen (secondary N) is 2. The molecule has 1 saturated heterocycles. The van der Waals surface area contributed by atoms with Crippen LogP contribution < -0.4 is 10.6 Å². The minimum atomic E-state index is 0. The highest BCUT2D eigenvalue weighted by Crippen LogP contribution is 2.26. The Bertz CT molecular complexity index is 697. The Morgan fingerprint density at radius 3 is 2.67 bits per heavy atom. The molecule has 2 aromatic rings. The van der Waals surface area contributed by atoms with Gasteiger partial charge in [-0.2, -0.15) is 0 Å². The fourth-order valence-electron chi connectivity index (χ4n) is 3.28. The van der Waals surface area contributed by atoms with E-state index in [1.807, 2.05) is 31.2 Å². The van der Waals surface area contributed by atoms with Crippen LogP contribution in [0.2, 0.25) is 0 Å². The molecule has 2 N–H and O–H groups in total. The summed E-state index contributed by atoms with van der Waals surface area (Å²) in [7, 11) is 0. The molecular weight excluding hydrogens is 453 g/mol. The quantitative estimate of drug-likeness (QED) is 0.359. The van der Waals surface area contributed by atoms with Crippen LogP contribution in [0.1, 0.15) is 43.0 Å². The molecule has 0 amide bonds. The van der Waals surface area contributed by atoms with Crippen LogP contribution in [0.25, 0.3) is 0 Å². The van der Waals surface area contributed by atoms with Crippen molar-refractivity contribution in [2.45, 2.75) is 39.3 Å². The van der Waals surface area contributed by atoms with Crippen molar-refractivity contribution in [3.05, 3.63) is 53.7 Å². The van der Waals surface area contributed by atoms with Crippen molar-refractivity contribution in [1.82, 2.24) is 20.5 Å². The SMILES string of the molecule is CCNC(=NCc1ccccn1)NCC(c1ccc(C)o1)N1CCCC1.I. The number of halogens is 1. The fourth-order valence-corrected chi connectivity index (χ4v) is 3.28. The first-order valence-electron chi connectivity index (χ1n) is 9.48. The highest BCUT2D eigenvalue weighted by molar-refractivity contribution is 14.0. The molecule has 2 aromatic heterocycles. The van der Waals surface area contributed by atoms with Gasteiger partial charge >= 0.3 is 0 Å². The number of aliphatic imine (C=N–C) groups is 1. The minimum Gasteiger partial charge on any atom is -0.465 e. The number of aromatic nitrogens is 1. The Balaban J connectivity index is 0.00000261. The number of aryl methyl sites for hydroxylation is 1. The molecule has 27 heavy (non-hydrogen) atoms. The maximum absolute atomic E-state index is 5.93. The summed E-state index contributed by atoms with van der Waals surface area (Å²) in [4.78, 5) is 11.5. The third-order valence-electron chi connectivity index (χ3n) is 4.60. The van der Waals surface area contributed by atoms with Crippen molar-refractivity contribution in [3.8, 4) is 0 Å². The predicted molar refractivity (Wildman–Crippen MR) is 119 cm³/mol. The summed E-state index contributed by atoms with van der Waals surface area (Å²) < 4.78 is 5.93. The van der Waals surface area contributed by atoms with Gasteiger partial charge in [-0.1, -0.05) is 6.07 Å². The third kappa shape index (κ3) is 6.49. The first kappa shape index (κ1) is 21.7. The topological polar surface area (TPSA) is 65.7 Å². The molecule has 1 aliphatic heterocycles. The van der Waals surface area contributed by atoms with Gasteiger partial charge in [0.05, 0.1) is 18.3 Å². The molecule has 3 rings (SSSR count). The molecule has 0 aliphatic carbocycles. The molecule has 3 heterocycles. The molecule has 6 nitrogen and oxygen atoms in total. The normalized spacial score (nSPS) is 16.0. The number of guanidine groups is 1. The standard InChI is InChI=1S/C20H29N5O.HI/c1-3-21-20(23-14-17-8-4-5-11-22-17)24-15-18(25-12-6-7-13-25)19-10-9-16(2)26-19;/h4-5,8-11,18H,3,6-7,12-15H2,1-2H3,(H2,21,23,24);1H. The van der Waals surface area contributed by atoms with Crippen LogP contribution >= 0.6 is 24.0 Å². The van der Waals surface area contributed by atoms with Crippen molar-refractivity contribution in [2.75, 3.05) is 26.2 Å². The number of hydrogen-bond acceptors (Lipinski definition) is 4. The second-order valence-electron chi connectivity index (χ2n) is 6.60. The second-order valence-corrected chi connectivity index (χ2v) is 6.60. The first-order valence-corrected chi connectivity index (χ1v) is 9.48. The van der Waals surface area contributed by atoms with Crippen molar-refractivity contribution >= 4 is 29.9 Å². The highest BCUT2D eigenvalue weighted by atomic mass is 127. The number of hydrogen-bond donors (Lipinski definition) is 2. The molecule has 1 atom stereocenters. The summed E-state index contributed by atoms with van der Waals surface area (Å²) >= 11 is 0. The van der Waals surface area contributed by atoms with Crippen molar-refractivity contribution < 1.29 is 4.42 Å². The fraction of sp³-hybridized carbons (Fsp3) is 0.500. The van der Waals surface area contributed by atoms with E-state index in [0.29, 0.717) is 6.54 Å². The molecule has 0 saturated carbocycles.